The minimum Gasteiger partial charge on any atom is -0.493 e. The topological polar surface area (TPSA) is 21.3 Å². The third-order valence-corrected chi connectivity index (χ3v) is 4.95. The van der Waals surface area contributed by atoms with Gasteiger partial charge in [-0.25, -0.2) is 0 Å². The van der Waals surface area contributed by atoms with Crippen molar-refractivity contribution in [3.63, 3.8) is 0 Å². The summed E-state index contributed by atoms with van der Waals surface area (Å²) in [6, 6.07) is 8.63. The van der Waals surface area contributed by atoms with E-state index in [-0.39, 0.29) is 0 Å². The minimum absolute atomic E-state index is 0.715. The molecule has 1 N–H and O–H groups in total. The fraction of sp³-hybridized carbons (Fsp3) is 0.647. The second-order valence-electron chi connectivity index (χ2n) is 6.12. The fourth-order valence-corrected chi connectivity index (χ4v) is 3.98. The number of benzene rings is 1. The first-order valence-corrected chi connectivity index (χ1v) is 7.75. The van der Waals surface area contributed by atoms with E-state index in [2.05, 4.69) is 36.6 Å². The van der Waals surface area contributed by atoms with E-state index in [0.717, 1.165) is 24.2 Å². The van der Waals surface area contributed by atoms with Crippen LogP contribution in [-0.4, -0.2) is 20.2 Å². The van der Waals surface area contributed by atoms with Gasteiger partial charge in [-0.05, 0) is 62.2 Å². The summed E-state index contributed by atoms with van der Waals surface area (Å²) in [5.41, 5.74) is 1.45. The van der Waals surface area contributed by atoms with Gasteiger partial charge in [0.15, 0.2) is 0 Å². The first-order valence-electron chi connectivity index (χ1n) is 7.75. The smallest absolute Gasteiger partial charge is 0.122 e. The molecule has 1 aliphatic carbocycles. The van der Waals surface area contributed by atoms with Crippen LogP contribution in [0.15, 0.2) is 24.3 Å². The Labute approximate surface area is 116 Å². The molecule has 19 heavy (non-hydrogen) atoms. The third kappa shape index (κ3) is 2.79. The maximum Gasteiger partial charge on any atom is 0.122 e. The zero-order valence-electron chi connectivity index (χ0n) is 11.9. The van der Waals surface area contributed by atoms with Crippen molar-refractivity contribution in [2.45, 2.75) is 38.0 Å². The standard InChI is InChI=1S/C17H25NO/c1-18-12-15-6-4-5-13(15)11-14-9-10-19-17-8-3-2-7-16(14)17/h2-3,7-8,13-15,18H,4-6,9-12H2,1H3. The van der Waals surface area contributed by atoms with Crippen molar-refractivity contribution in [3.8, 4) is 5.75 Å². The van der Waals surface area contributed by atoms with E-state index >= 15 is 0 Å². The molecule has 0 bridgehead atoms. The first kappa shape index (κ1) is 13.0. The Bertz CT molecular complexity index is 417. The second-order valence-corrected chi connectivity index (χ2v) is 6.12. The van der Waals surface area contributed by atoms with Crippen LogP contribution in [0.5, 0.6) is 5.75 Å². The van der Waals surface area contributed by atoms with Crippen LogP contribution in [-0.2, 0) is 0 Å². The predicted molar refractivity (Wildman–Crippen MR) is 78.7 cm³/mol. The van der Waals surface area contributed by atoms with Crippen molar-refractivity contribution < 1.29 is 4.74 Å². The van der Waals surface area contributed by atoms with Crippen LogP contribution >= 0.6 is 0 Å². The molecule has 1 fully saturated rings. The van der Waals surface area contributed by atoms with Gasteiger partial charge >= 0.3 is 0 Å². The second kappa shape index (κ2) is 5.96. The quantitative estimate of drug-likeness (QED) is 0.892. The van der Waals surface area contributed by atoms with Crippen molar-refractivity contribution in [2.75, 3.05) is 20.2 Å². The number of para-hydroxylation sites is 1. The minimum atomic E-state index is 0.715. The number of ether oxygens (including phenoxy) is 1. The molecule has 2 heteroatoms. The Balaban J connectivity index is 1.70. The molecule has 104 valence electrons. The van der Waals surface area contributed by atoms with Gasteiger partial charge < -0.3 is 10.1 Å². The van der Waals surface area contributed by atoms with Crippen LogP contribution in [0, 0.1) is 11.8 Å². The van der Waals surface area contributed by atoms with Crippen LogP contribution in [0.3, 0.4) is 0 Å². The number of nitrogens with one attached hydrogen (secondary N) is 1. The highest BCUT2D eigenvalue weighted by Crippen LogP contribution is 2.43. The Hall–Kier alpha value is -1.02. The molecular weight excluding hydrogens is 234 g/mol. The van der Waals surface area contributed by atoms with Crippen LogP contribution < -0.4 is 10.1 Å². The Kier molecular flexibility index (Phi) is 4.07. The van der Waals surface area contributed by atoms with Gasteiger partial charge in [-0.3, -0.25) is 0 Å². The van der Waals surface area contributed by atoms with Gasteiger partial charge in [0.05, 0.1) is 6.61 Å². The van der Waals surface area contributed by atoms with E-state index in [1.54, 1.807) is 0 Å². The van der Waals surface area contributed by atoms with Crippen LogP contribution in [0.4, 0.5) is 0 Å². The maximum atomic E-state index is 5.78. The molecule has 1 aromatic rings. The van der Waals surface area contributed by atoms with E-state index < -0.39 is 0 Å². The lowest BCUT2D eigenvalue weighted by Gasteiger charge is -2.30. The number of hydrogen-bond acceptors (Lipinski definition) is 2. The molecule has 2 nitrogen and oxygen atoms in total. The van der Waals surface area contributed by atoms with Crippen LogP contribution in [0.2, 0.25) is 0 Å². The van der Waals surface area contributed by atoms with Crippen LogP contribution in [0.1, 0.15) is 43.6 Å². The lowest BCUT2D eigenvalue weighted by atomic mass is 9.81. The van der Waals surface area contributed by atoms with Gasteiger partial charge in [0.1, 0.15) is 5.75 Å². The molecule has 0 spiro atoms. The summed E-state index contributed by atoms with van der Waals surface area (Å²) in [7, 11) is 2.08. The van der Waals surface area contributed by atoms with E-state index in [9.17, 15) is 0 Å². The van der Waals surface area contributed by atoms with Gasteiger partial charge in [-0.2, -0.15) is 0 Å². The first-order chi connectivity index (χ1) is 9.38. The molecule has 3 unspecified atom stereocenters. The van der Waals surface area contributed by atoms with Crippen molar-refractivity contribution in [1.82, 2.24) is 5.32 Å². The number of fused-ring (bicyclic) bond motifs is 1. The van der Waals surface area contributed by atoms with Gasteiger partial charge in [-0.1, -0.05) is 31.0 Å². The monoisotopic (exact) mass is 259 g/mol. The molecule has 3 rings (SSSR count). The molecule has 0 saturated heterocycles. The molecule has 1 aromatic carbocycles. The average Bonchev–Trinajstić information content (AvgIpc) is 2.87. The summed E-state index contributed by atoms with van der Waals surface area (Å²) in [6.07, 6.45) is 6.80. The predicted octanol–water partition coefficient (Wildman–Crippen LogP) is 3.58. The molecular formula is C17H25NO. The zero-order valence-corrected chi connectivity index (χ0v) is 11.9. The SMILES string of the molecule is CNCC1CCCC1CC1CCOc2ccccc21. The summed E-state index contributed by atoms with van der Waals surface area (Å²) in [4.78, 5) is 0. The normalized spacial score (nSPS) is 29.8. The summed E-state index contributed by atoms with van der Waals surface area (Å²) >= 11 is 0. The van der Waals surface area contributed by atoms with Crippen molar-refractivity contribution in [3.05, 3.63) is 29.8 Å². The lowest BCUT2D eigenvalue weighted by molar-refractivity contribution is 0.239. The summed E-state index contributed by atoms with van der Waals surface area (Å²) in [5.74, 6) is 3.64. The van der Waals surface area contributed by atoms with E-state index in [0.29, 0.717) is 5.92 Å². The zero-order chi connectivity index (χ0) is 13.1. The molecule has 1 heterocycles. The Morgan fingerprint density at radius 1 is 1.16 bits per heavy atom. The molecule has 0 radical (unpaired) electrons. The molecule has 0 aromatic heterocycles. The van der Waals surface area contributed by atoms with Crippen molar-refractivity contribution in [1.29, 1.82) is 0 Å². The lowest BCUT2D eigenvalue weighted by Crippen LogP contribution is -2.24. The summed E-state index contributed by atoms with van der Waals surface area (Å²) in [5, 5.41) is 3.37. The van der Waals surface area contributed by atoms with Gasteiger partial charge in [-0.15, -0.1) is 0 Å². The largest absolute Gasteiger partial charge is 0.493 e. The van der Waals surface area contributed by atoms with Crippen LogP contribution in [0.25, 0.3) is 0 Å². The highest BCUT2D eigenvalue weighted by Gasteiger charge is 2.31. The molecule has 1 saturated carbocycles. The highest BCUT2D eigenvalue weighted by molar-refractivity contribution is 5.37. The summed E-state index contributed by atoms with van der Waals surface area (Å²) < 4.78 is 5.78. The van der Waals surface area contributed by atoms with Crippen molar-refractivity contribution in [2.24, 2.45) is 11.8 Å². The van der Waals surface area contributed by atoms with E-state index in [1.807, 2.05) is 0 Å². The van der Waals surface area contributed by atoms with Crippen molar-refractivity contribution >= 4 is 0 Å². The highest BCUT2D eigenvalue weighted by atomic mass is 16.5. The summed E-state index contributed by atoms with van der Waals surface area (Å²) in [6.45, 7) is 2.08. The molecule has 2 aliphatic rings. The third-order valence-electron chi connectivity index (χ3n) is 4.95. The molecule has 0 amide bonds. The van der Waals surface area contributed by atoms with E-state index in [4.69, 9.17) is 4.74 Å². The number of hydrogen-bond donors (Lipinski definition) is 1. The van der Waals surface area contributed by atoms with E-state index in [1.165, 1.54) is 44.2 Å². The van der Waals surface area contributed by atoms with Gasteiger partial charge in [0.2, 0.25) is 0 Å². The van der Waals surface area contributed by atoms with Gasteiger partial charge in [0, 0.05) is 0 Å². The fourth-order valence-electron chi connectivity index (χ4n) is 3.98. The van der Waals surface area contributed by atoms with Gasteiger partial charge in [0.25, 0.3) is 0 Å². The average molecular weight is 259 g/mol. The maximum absolute atomic E-state index is 5.78. The Morgan fingerprint density at radius 2 is 2.00 bits per heavy atom. The number of rotatable bonds is 4. The Morgan fingerprint density at radius 3 is 2.89 bits per heavy atom. The molecule has 1 aliphatic heterocycles. The molecule has 3 atom stereocenters.